The van der Waals surface area contributed by atoms with Gasteiger partial charge in [-0.05, 0) is 12.8 Å². The summed E-state index contributed by atoms with van der Waals surface area (Å²) >= 11 is 0. The lowest BCUT2D eigenvalue weighted by Gasteiger charge is -1.95. The molecule has 11 heteroatoms. The predicted octanol–water partition coefficient (Wildman–Crippen LogP) is 0.898. The zero-order valence-corrected chi connectivity index (χ0v) is 13.5. The van der Waals surface area contributed by atoms with Crippen molar-refractivity contribution in [1.29, 1.82) is 0 Å². The van der Waals surface area contributed by atoms with Crippen LogP contribution in [-0.2, 0) is 34.4 Å². The Bertz CT molecular complexity index is 584. The fraction of sp³-hybridized carbons (Fsp3) is 0.700. The molecule has 0 aliphatic heterocycles. The van der Waals surface area contributed by atoms with Crippen LogP contribution in [0.5, 0.6) is 0 Å². The molecule has 0 radical (unpaired) electrons. The number of hydrogen-bond donors (Lipinski definition) is 1. The van der Waals surface area contributed by atoms with Gasteiger partial charge in [-0.2, -0.15) is 16.8 Å². The molecule has 0 aliphatic rings. The Morgan fingerprint density at radius 2 is 1.67 bits per heavy atom. The molecular formula is C10H20F2N3O4S2+. The van der Waals surface area contributed by atoms with E-state index in [2.05, 4.69) is 41.8 Å². The first kappa shape index (κ1) is 19.9. The molecule has 0 unspecified atom stereocenters. The summed E-state index contributed by atoms with van der Waals surface area (Å²) in [7, 11) is -8.93. The highest BCUT2D eigenvalue weighted by atomic mass is 32.3. The lowest BCUT2D eigenvalue weighted by Crippen LogP contribution is -2.23. The molecule has 0 fully saturated rings. The molecule has 1 rings (SSSR count). The molecule has 0 saturated heterocycles. The second-order valence-electron chi connectivity index (χ2n) is 4.34. The number of halogens is 2. The van der Waals surface area contributed by atoms with E-state index in [0.29, 0.717) is 0 Å². The Labute approximate surface area is 124 Å². The van der Waals surface area contributed by atoms with Crippen LogP contribution in [-0.4, -0.2) is 21.4 Å². The van der Waals surface area contributed by atoms with Crippen molar-refractivity contribution in [1.82, 2.24) is 8.69 Å². The maximum atomic E-state index is 11.1. The molecule has 0 aliphatic carbocycles. The van der Waals surface area contributed by atoms with Crippen LogP contribution in [0.4, 0.5) is 7.77 Å². The second kappa shape index (κ2) is 9.05. The number of aromatic nitrogens is 2. The molecule has 0 spiro atoms. The second-order valence-corrected chi connectivity index (χ2v) is 6.75. The first-order chi connectivity index (χ1) is 9.53. The van der Waals surface area contributed by atoms with Gasteiger partial charge in [0.15, 0.2) is 0 Å². The first-order valence-electron chi connectivity index (χ1n) is 6.22. The smallest absolute Gasteiger partial charge is 0.240 e. The van der Waals surface area contributed by atoms with Gasteiger partial charge < -0.3 is 0 Å². The maximum absolute atomic E-state index is 11.1. The van der Waals surface area contributed by atoms with Gasteiger partial charge in [0.05, 0.1) is 13.6 Å². The van der Waals surface area contributed by atoms with Crippen LogP contribution in [0.2, 0.25) is 0 Å². The highest BCUT2D eigenvalue weighted by Crippen LogP contribution is 2.00. The molecule has 1 aromatic rings. The lowest BCUT2D eigenvalue weighted by atomic mass is 10.2. The fourth-order valence-corrected chi connectivity index (χ4v) is 2.43. The highest BCUT2D eigenvalue weighted by Gasteiger charge is 2.17. The number of hydrogen-bond acceptors (Lipinski definition) is 4. The van der Waals surface area contributed by atoms with E-state index in [0.717, 1.165) is 0 Å². The van der Waals surface area contributed by atoms with Crippen molar-refractivity contribution in [2.45, 2.75) is 39.2 Å². The van der Waals surface area contributed by atoms with Crippen molar-refractivity contribution < 1.29 is 29.2 Å². The van der Waals surface area contributed by atoms with Crippen molar-refractivity contribution in [3.8, 4) is 0 Å². The van der Waals surface area contributed by atoms with E-state index >= 15 is 0 Å². The van der Waals surface area contributed by atoms with Crippen LogP contribution < -0.4 is 8.69 Å². The third-order valence-electron chi connectivity index (χ3n) is 2.29. The third kappa shape index (κ3) is 13.7. The quantitative estimate of drug-likeness (QED) is 0.450. The van der Waals surface area contributed by atoms with Crippen molar-refractivity contribution in [3.05, 3.63) is 18.7 Å². The largest absolute Gasteiger partial charge is 0.387 e. The van der Waals surface area contributed by atoms with Gasteiger partial charge in [0.25, 0.3) is 0 Å². The molecule has 1 aromatic heterocycles. The molecule has 1 heterocycles. The normalized spacial score (nSPS) is 11.8. The molecular weight excluding hydrogens is 328 g/mol. The van der Waals surface area contributed by atoms with E-state index in [4.69, 9.17) is 0 Å². The maximum Gasteiger partial charge on any atom is 0.387 e. The summed E-state index contributed by atoms with van der Waals surface area (Å²) < 4.78 is 63.7. The van der Waals surface area contributed by atoms with Gasteiger partial charge in [-0.25, -0.2) is 9.13 Å². The van der Waals surface area contributed by atoms with Gasteiger partial charge in [-0.1, -0.05) is 31.7 Å². The summed E-state index contributed by atoms with van der Waals surface area (Å²) in [5.74, 6) is 0. The summed E-state index contributed by atoms with van der Waals surface area (Å²) in [5.41, 5.74) is 0. The van der Waals surface area contributed by atoms with Crippen molar-refractivity contribution in [2.24, 2.45) is 7.05 Å². The minimum absolute atomic E-state index is 0.0694. The van der Waals surface area contributed by atoms with Gasteiger partial charge in [0.2, 0.25) is 6.33 Å². The molecule has 0 saturated carbocycles. The zero-order valence-electron chi connectivity index (χ0n) is 11.9. The zero-order chi connectivity index (χ0) is 16.5. The minimum Gasteiger partial charge on any atom is -0.240 e. The monoisotopic (exact) mass is 348 g/mol. The summed E-state index contributed by atoms with van der Waals surface area (Å²) in [4.78, 5) is 0. The van der Waals surface area contributed by atoms with Gasteiger partial charge in [0.1, 0.15) is 12.4 Å². The van der Waals surface area contributed by atoms with E-state index < -0.39 is 20.8 Å². The summed E-state index contributed by atoms with van der Waals surface area (Å²) in [5, 5.41) is 0. The molecule has 1 N–H and O–H groups in total. The number of imidazole rings is 1. The van der Waals surface area contributed by atoms with Crippen LogP contribution >= 0.6 is 0 Å². The number of rotatable bonds is 7. The van der Waals surface area contributed by atoms with E-state index in [1.807, 2.05) is 0 Å². The van der Waals surface area contributed by atoms with E-state index in [1.54, 1.807) is 0 Å². The van der Waals surface area contributed by atoms with E-state index in [-0.39, 0.29) is 4.13 Å². The van der Waals surface area contributed by atoms with Crippen molar-refractivity contribution >= 4 is 20.8 Å². The fourth-order valence-electron chi connectivity index (χ4n) is 1.47. The van der Waals surface area contributed by atoms with Crippen LogP contribution in [0.1, 0.15) is 32.6 Å². The van der Waals surface area contributed by atoms with Gasteiger partial charge in [-0.3, -0.25) is 0 Å². The number of aryl methyl sites for hydroxylation is 2. The molecule has 21 heavy (non-hydrogen) atoms. The van der Waals surface area contributed by atoms with Crippen molar-refractivity contribution in [3.63, 3.8) is 0 Å². The molecule has 0 bridgehead atoms. The van der Waals surface area contributed by atoms with Crippen LogP contribution in [0.15, 0.2) is 18.7 Å². The van der Waals surface area contributed by atoms with Crippen LogP contribution in [0.25, 0.3) is 0 Å². The van der Waals surface area contributed by atoms with Crippen LogP contribution in [0.3, 0.4) is 0 Å². The average molecular weight is 348 g/mol. The third-order valence-corrected chi connectivity index (χ3v) is 3.89. The molecule has 7 nitrogen and oxygen atoms in total. The number of nitrogens with zero attached hydrogens (tertiary/aromatic N) is 2. The average Bonchev–Trinajstić information content (AvgIpc) is 2.66. The predicted molar refractivity (Wildman–Crippen MR) is 72.9 cm³/mol. The topological polar surface area (TPSA) is 89.1 Å². The molecule has 0 amide bonds. The Balaban J connectivity index is 0.000000400. The van der Waals surface area contributed by atoms with Gasteiger partial charge in [0, 0.05) is 0 Å². The van der Waals surface area contributed by atoms with E-state index in [9.17, 15) is 24.6 Å². The Hall–Kier alpha value is -1.07. The van der Waals surface area contributed by atoms with Gasteiger partial charge in [-0.15, -0.1) is 0 Å². The Kier molecular flexibility index (Phi) is 8.59. The summed E-state index contributed by atoms with van der Waals surface area (Å²) in [6.07, 6.45) is 11.7. The van der Waals surface area contributed by atoms with Crippen molar-refractivity contribution in [2.75, 3.05) is 0 Å². The Morgan fingerprint density at radius 1 is 1.10 bits per heavy atom. The standard InChI is InChI=1S/C10H19N2.F2HNO4S2/c1-3-4-5-6-7-12-9-8-11(2)10-12;1-8(4,5)3-9(2,6)7/h8-10H,3-7H2,1-2H3;3H/q+1;. The Morgan fingerprint density at radius 3 is 2.00 bits per heavy atom. The molecule has 0 atom stereocenters. The number of unbranched alkanes of at least 4 members (excludes halogenated alkanes) is 3. The lowest BCUT2D eigenvalue weighted by molar-refractivity contribution is -0.671. The summed E-state index contributed by atoms with van der Waals surface area (Å²) in [6.45, 7) is 3.41. The SMILES string of the molecule is CCCCCCn1cc[n+](C)c1.O=S(=O)(F)NS(=O)(=O)F. The number of nitrogens with one attached hydrogen (secondary N) is 1. The van der Waals surface area contributed by atoms with Crippen LogP contribution in [0, 0.1) is 0 Å². The first-order valence-corrected chi connectivity index (χ1v) is 8.99. The highest BCUT2D eigenvalue weighted by molar-refractivity contribution is 7.99. The molecule has 0 aromatic carbocycles. The summed E-state index contributed by atoms with van der Waals surface area (Å²) in [6, 6.07) is 0. The molecule has 124 valence electrons. The minimum atomic E-state index is -5.49. The van der Waals surface area contributed by atoms with Gasteiger partial charge >= 0.3 is 20.8 Å². The van der Waals surface area contributed by atoms with E-state index in [1.165, 1.54) is 32.2 Å².